The molecule has 232 valence electrons. The van der Waals surface area contributed by atoms with Gasteiger partial charge in [-0.3, -0.25) is 9.59 Å². The number of aliphatic hydroxyl groups excluding tert-OH is 2. The standard InChI is InChI=1S/C35H38ClNO7/c1-33-11-10-23(39)14-21(33)7-8-24-25-15-30-35(29(41)17-38,34(25,2)16-27(40)31(24)33)44-32(43-30)20-6-9-26(36)28(13-20)42-18-19-4-3-5-22(37)12-19/h3-6,9-14,24-25,27,30-32,38,40H,7-8,15-18,37H2,1-2H3/t24-,25?,27-,30+,31?,32+,33-,34-,35+/m0/s1. The summed E-state index contributed by atoms with van der Waals surface area (Å²) in [4.78, 5) is 26.0. The van der Waals surface area contributed by atoms with Crippen LogP contribution >= 0.6 is 11.6 Å². The molecule has 44 heavy (non-hydrogen) atoms. The molecule has 0 bridgehead atoms. The largest absolute Gasteiger partial charge is 0.487 e. The quantitative estimate of drug-likeness (QED) is 0.381. The number of carbonyl (C=O) groups is 2. The number of ether oxygens (including phenoxy) is 3. The molecule has 2 aromatic rings. The number of carbonyl (C=O) groups excluding carboxylic acids is 2. The number of allylic oxidation sites excluding steroid dienone is 4. The van der Waals surface area contributed by atoms with E-state index in [1.54, 1.807) is 36.4 Å². The monoisotopic (exact) mass is 619 g/mol. The second-order valence-corrected chi connectivity index (χ2v) is 14.0. The summed E-state index contributed by atoms with van der Waals surface area (Å²) in [5, 5.41) is 22.5. The van der Waals surface area contributed by atoms with Crippen LogP contribution < -0.4 is 10.5 Å². The number of hydrogen-bond acceptors (Lipinski definition) is 8. The number of aliphatic hydroxyl groups is 2. The molecule has 8 nitrogen and oxygen atoms in total. The Hall–Kier alpha value is -3.01. The second-order valence-electron chi connectivity index (χ2n) is 13.6. The number of anilines is 1. The minimum absolute atomic E-state index is 0.0117. The van der Waals surface area contributed by atoms with E-state index in [2.05, 4.69) is 6.92 Å². The third-order valence-electron chi connectivity index (χ3n) is 11.4. The maximum atomic E-state index is 13.8. The minimum atomic E-state index is -1.43. The zero-order chi connectivity index (χ0) is 31.0. The molecule has 9 heteroatoms. The fraction of sp³-hybridized carbons (Fsp3) is 0.486. The molecular formula is C35H38ClNO7. The number of hydrogen-bond donors (Lipinski definition) is 3. The Kier molecular flexibility index (Phi) is 7.10. The molecular weight excluding hydrogens is 582 g/mol. The summed E-state index contributed by atoms with van der Waals surface area (Å²) in [5.41, 5.74) is 6.50. The summed E-state index contributed by atoms with van der Waals surface area (Å²) in [7, 11) is 0. The molecule has 0 spiro atoms. The summed E-state index contributed by atoms with van der Waals surface area (Å²) in [5.74, 6) is 0.00410. The third-order valence-corrected chi connectivity index (χ3v) is 11.7. The number of fused-ring (bicyclic) bond motifs is 7. The Bertz CT molecular complexity index is 1590. The molecule has 0 radical (unpaired) electrons. The molecule has 1 saturated heterocycles. The van der Waals surface area contributed by atoms with Crippen molar-refractivity contribution in [2.45, 2.75) is 70.2 Å². The first-order chi connectivity index (χ1) is 21.0. The van der Waals surface area contributed by atoms with Crippen molar-refractivity contribution in [3.05, 3.63) is 82.4 Å². The van der Waals surface area contributed by atoms with Crippen LogP contribution in [0.1, 0.15) is 56.9 Å². The van der Waals surface area contributed by atoms with Crippen molar-refractivity contribution in [3.63, 3.8) is 0 Å². The molecule has 4 aliphatic carbocycles. The molecule has 7 rings (SSSR count). The number of rotatable bonds is 6. The van der Waals surface area contributed by atoms with Crippen LogP contribution in [0.5, 0.6) is 5.75 Å². The lowest BCUT2D eigenvalue weighted by molar-refractivity contribution is -0.201. The average Bonchev–Trinajstić information content (AvgIpc) is 3.49. The van der Waals surface area contributed by atoms with Gasteiger partial charge >= 0.3 is 0 Å². The van der Waals surface area contributed by atoms with Gasteiger partial charge in [0, 0.05) is 28.0 Å². The van der Waals surface area contributed by atoms with Gasteiger partial charge in [0.15, 0.2) is 23.5 Å². The molecule has 4 fully saturated rings. The summed E-state index contributed by atoms with van der Waals surface area (Å²) in [6.45, 7) is 3.70. The smallest absolute Gasteiger partial charge is 0.193 e. The van der Waals surface area contributed by atoms with Gasteiger partial charge in [0.1, 0.15) is 19.0 Å². The number of ketones is 2. The summed E-state index contributed by atoms with van der Waals surface area (Å²) >= 11 is 6.48. The normalized spacial score (nSPS) is 38.8. The molecule has 4 N–H and O–H groups in total. The molecule has 5 aliphatic rings. The first-order valence-corrected chi connectivity index (χ1v) is 15.7. The van der Waals surface area contributed by atoms with E-state index in [-0.39, 0.29) is 30.1 Å². The van der Waals surface area contributed by atoms with Crippen molar-refractivity contribution >= 4 is 28.9 Å². The predicted octanol–water partition coefficient (Wildman–Crippen LogP) is 5.10. The summed E-state index contributed by atoms with van der Waals surface area (Å²) < 4.78 is 19.3. The highest BCUT2D eigenvalue weighted by atomic mass is 35.5. The topological polar surface area (TPSA) is 128 Å². The Morgan fingerprint density at radius 2 is 2.02 bits per heavy atom. The van der Waals surface area contributed by atoms with Crippen molar-refractivity contribution in [3.8, 4) is 5.75 Å². The molecule has 9 atom stereocenters. The van der Waals surface area contributed by atoms with Crippen LogP contribution in [-0.2, 0) is 25.7 Å². The van der Waals surface area contributed by atoms with Crippen LogP contribution in [-0.4, -0.2) is 46.2 Å². The van der Waals surface area contributed by atoms with Gasteiger partial charge in [0.05, 0.1) is 17.2 Å². The lowest BCUT2D eigenvalue weighted by Gasteiger charge is -2.59. The zero-order valence-corrected chi connectivity index (χ0v) is 25.6. The highest BCUT2D eigenvalue weighted by Gasteiger charge is 2.75. The van der Waals surface area contributed by atoms with E-state index in [0.717, 1.165) is 24.0 Å². The highest BCUT2D eigenvalue weighted by molar-refractivity contribution is 6.32. The van der Waals surface area contributed by atoms with Gasteiger partial charge in [-0.05, 0) is 79.5 Å². The van der Waals surface area contributed by atoms with Crippen molar-refractivity contribution < 1.29 is 34.0 Å². The van der Waals surface area contributed by atoms with Crippen LogP contribution in [0.3, 0.4) is 0 Å². The minimum Gasteiger partial charge on any atom is -0.487 e. The molecule has 2 unspecified atom stereocenters. The molecule has 0 amide bonds. The van der Waals surface area contributed by atoms with Crippen molar-refractivity contribution in [2.75, 3.05) is 12.3 Å². The number of Topliss-reactive ketones (excluding diaryl/α,β-unsaturated/α-hetero) is 1. The van der Waals surface area contributed by atoms with Crippen LogP contribution in [0.25, 0.3) is 0 Å². The van der Waals surface area contributed by atoms with Gasteiger partial charge in [-0.15, -0.1) is 0 Å². The SMILES string of the molecule is C[C@]12C=CC(=O)C=C1CC[C@@H]1C2[C@@H](O)C[C@@]2(C)C1C[C@H]1O[C@@H](c3ccc(Cl)c(OCc4cccc(N)c4)c3)O[C@]12C(=O)CO. The maximum absolute atomic E-state index is 13.8. The molecule has 3 saturated carbocycles. The fourth-order valence-corrected chi connectivity index (χ4v) is 9.63. The van der Waals surface area contributed by atoms with Gasteiger partial charge in [-0.25, -0.2) is 0 Å². The summed E-state index contributed by atoms with van der Waals surface area (Å²) in [6.07, 6.45) is 5.52. The lowest BCUT2D eigenvalue weighted by Crippen LogP contribution is -2.63. The van der Waals surface area contributed by atoms with E-state index < -0.39 is 47.3 Å². The van der Waals surface area contributed by atoms with E-state index in [1.807, 2.05) is 31.2 Å². The first kappa shape index (κ1) is 29.7. The van der Waals surface area contributed by atoms with Crippen LogP contribution in [0, 0.1) is 28.6 Å². The number of halogens is 1. The van der Waals surface area contributed by atoms with E-state index in [1.165, 1.54) is 0 Å². The summed E-state index contributed by atoms with van der Waals surface area (Å²) in [6, 6.07) is 12.7. The third kappa shape index (κ3) is 4.26. The van der Waals surface area contributed by atoms with Gasteiger partial charge in [-0.1, -0.05) is 55.3 Å². The van der Waals surface area contributed by atoms with Crippen LogP contribution in [0.2, 0.25) is 5.02 Å². The molecule has 1 aliphatic heterocycles. The van der Waals surface area contributed by atoms with E-state index in [4.69, 9.17) is 31.5 Å². The Labute approximate surface area is 261 Å². The van der Waals surface area contributed by atoms with Gasteiger partial charge in [0.2, 0.25) is 0 Å². The number of nitrogen functional groups attached to an aromatic ring is 1. The Morgan fingerprint density at radius 1 is 1.20 bits per heavy atom. The van der Waals surface area contributed by atoms with Gasteiger partial charge in [0.25, 0.3) is 0 Å². The van der Waals surface area contributed by atoms with E-state index >= 15 is 0 Å². The van der Waals surface area contributed by atoms with Crippen molar-refractivity contribution in [1.82, 2.24) is 0 Å². The highest BCUT2D eigenvalue weighted by Crippen LogP contribution is 2.70. The second kappa shape index (κ2) is 10.5. The molecule has 1 heterocycles. The van der Waals surface area contributed by atoms with Gasteiger partial charge in [-0.2, -0.15) is 0 Å². The lowest BCUT2D eigenvalue weighted by atomic mass is 9.46. The molecule has 0 aromatic heterocycles. The maximum Gasteiger partial charge on any atom is 0.193 e. The van der Waals surface area contributed by atoms with E-state index in [0.29, 0.717) is 34.9 Å². The molecule has 2 aromatic carbocycles. The number of nitrogens with two attached hydrogens (primary N) is 1. The van der Waals surface area contributed by atoms with Crippen molar-refractivity contribution in [1.29, 1.82) is 0 Å². The van der Waals surface area contributed by atoms with Crippen LogP contribution in [0.15, 0.2) is 66.3 Å². The number of benzene rings is 2. The first-order valence-electron chi connectivity index (χ1n) is 15.4. The predicted molar refractivity (Wildman–Crippen MR) is 164 cm³/mol. The van der Waals surface area contributed by atoms with Crippen molar-refractivity contribution in [2.24, 2.45) is 28.6 Å². The Balaban J connectivity index is 1.19. The van der Waals surface area contributed by atoms with E-state index in [9.17, 15) is 19.8 Å². The van der Waals surface area contributed by atoms with Gasteiger partial charge < -0.3 is 30.2 Å². The zero-order valence-electron chi connectivity index (χ0n) is 24.9. The average molecular weight is 620 g/mol. The fourth-order valence-electron chi connectivity index (χ4n) is 9.46. The Morgan fingerprint density at radius 3 is 2.80 bits per heavy atom. The van der Waals surface area contributed by atoms with Crippen LogP contribution in [0.4, 0.5) is 5.69 Å².